The third kappa shape index (κ3) is 18.0. The summed E-state index contributed by atoms with van der Waals surface area (Å²) in [6.07, 6.45) is 0. The van der Waals surface area contributed by atoms with Gasteiger partial charge in [0.2, 0.25) is 0 Å². The van der Waals surface area contributed by atoms with Crippen molar-refractivity contribution in [2.75, 3.05) is 0 Å². The van der Waals surface area contributed by atoms with E-state index in [4.69, 9.17) is 0 Å². The summed E-state index contributed by atoms with van der Waals surface area (Å²) < 4.78 is 0. The van der Waals surface area contributed by atoms with Gasteiger partial charge in [-0.25, -0.2) is 0 Å². The quantitative estimate of drug-likeness (QED) is 0.325. The van der Waals surface area contributed by atoms with Gasteiger partial charge in [-0.1, -0.05) is 0 Å². The molecule has 0 amide bonds. The van der Waals surface area contributed by atoms with E-state index in [0.717, 1.165) is 0 Å². The van der Waals surface area contributed by atoms with E-state index in [1.54, 1.807) is 0 Å². The maximum atomic E-state index is 0. The van der Waals surface area contributed by atoms with Crippen molar-refractivity contribution in [1.82, 2.24) is 0 Å². The number of hydrogen-bond donors (Lipinski definition) is 0. The van der Waals surface area contributed by atoms with Crippen LogP contribution in [0.4, 0.5) is 0 Å². The zero-order valence-electron chi connectivity index (χ0n) is 4.65. The van der Waals surface area contributed by atoms with Gasteiger partial charge in [-0.3, -0.25) is 0 Å². The second kappa shape index (κ2) is 24.4. The summed E-state index contributed by atoms with van der Waals surface area (Å²) >= 11 is 0. The maximum Gasteiger partial charge on any atom is 2.00 e. The SMILES string of the molecule is [H-].[H-].[Mg+2].[Nb].[Pb].[Pb].[Ti]. The number of rotatable bonds is 0. The Morgan fingerprint density at radius 2 is 1.00 bits per heavy atom. The van der Waals surface area contributed by atoms with Crippen LogP contribution in [-0.2, 0) is 44.1 Å². The Kier molecular flexibility index (Phi) is 174. The first kappa shape index (κ1) is 35.7. The molecule has 0 unspecified atom stereocenters. The molecule has 0 aliphatic rings. The molecule has 0 spiro atoms. The summed E-state index contributed by atoms with van der Waals surface area (Å²) in [5.41, 5.74) is 0. The van der Waals surface area contributed by atoms with Crippen molar-refractivity contribution < 1.29 is 47.0 Å². The Balaban J connectivity index is 0. The Hall–Kier alpha value is 4.06. The van der Waals surface area contributed by atoms with Crippen LogP contribution in [0.15, 0.2) is 0 Å². The molecule has 0 aliphatic heterocycles. The topological polar surface area (TPSA) is 0 Å². The fraction of sp³-hybridized carbons (Fsp3) is 0. The van der Waals surface area contributed by atoms with Crippen LogP contribution in [0.1, 0.15) is 2.85 Å². The molecular formula is H2MgNbPb2Ti. The zero-order chi connectivity index (χ0) is 0. The van der Waals surface area contributed by atoms with Gasteiger partial charge in [-0.2, -0.15) is 0 Å². The minimum atomic E-state index is 0. The van der Waals surface area contributed by atoms with Gasteiger partial charge in [0.15, 0.2) is 0 Å². The van der Waals surface area contributed by atoms with Crippen LogP contribution in [0.3, 0.4) is 0 Å². The second-order valence-electron chi connectivity index (χ2n) is 0. The molecule has 0 fully saturated rings. The summed E-state index contributed by atoms with van der Waals surface area (Å²) in [6.45, 7) is 0. The third-order valence-electron chi connectivity index (χ3n) is 0. The minimum Gasteiger partial charge on any atom is -1.00 e. The minimum absolute atomic E-state index is 0. The smallest absolute Gasteiger partial charge is 1.00 e. The standard InChI is InChI=1S/Mg.Nb.2Pb.Ti.2H/q+2;;;;;2*-1. The summed E-state index contributed by atoms with van der Waals surface area (Å²) in [5, 5.41) is 0. The molecule has 0 saturated heterocycles. The van der Waals surface area contributed by atoms with Gasteiger partial charge >= 0.3 is 23.1 Å². The molecular weight excluding hydrogens is 579 g/mol. The molecule has 0 N–H and O–H groups in total. The van der Waals surface area contributed by atoms with Gasteiger partial charge < -0.3 is 2.85 Å². The van der Waals surface area contributed by atoms with Gasteiger partial charge in [0.05, 0.1) is 0 Å². The van der Waals surface area contributed by atoms with Crippen molar-refractivity contribution in [3.63, 3.8) is 0 Å². The molecule has 0 aliphatic carbocycles. The molecule has 9 radical (unpaired) electrons. The molecule has 0 saturated carbocycles. The average Bonchev–Trinajstić information content (AvgIpc) is 0. The first-order chi connectivity index (χ1) is 0. The fourth-order valence-corrected chi connectivity index (χ4v) is 0. The molecule has 5 heteroatoms. The molecule has 21 valence electrons. The van der Waals surface area contributed by atoms with Crippen molar-refractivity contribution in [3.05, 3.63) is 0 Å². The molecule has 0 heterocycles. The van der Waals surface area contributed by atoms with Crippen LogP contribution in [0, 0.1) is 0 Å². The fourth-order valence-electron chi connectivity index (χ4n) is 0. The van der Waals surface area contributed by atoms with E-state index < -0.39 is 0 Å². The predicted molar refractivity (Wildman–Crippen MR) is 19.5 cm³/mol. The van der Waals surface area contributed by atoms with Crippen LogP contribution in [0.2, 0.25) is 0 Å². The van der Waals surface area contributed by atoms with E-state index in [1.165, 1.54) is 0 Å². The van der Waals surface area contributed by atoms with E-state index in [0.29, 0.717) is 0 Å². The molecule has 0 aromatic carbocycles. The van der Waals surface area contributed by atoms with Crippen molar-refractivity contribution in [2.24, 2.45) is 0 Å². The Labute approximate surface area is 122 Å². The van der Waals surface area contributed by atoms with Crippen molar-refractivity contribution in [2.45, 2.75) is 0 Å². The Morgan fingerprint density at radius 1 is 1.00 bits per heavy atom. The summed E-state index contributed by atoms with van der Waals surface area (Å²) in [7, 11) is 0. The Morgan fingerprint density at radius 3 is 1.00 bits per heavy atom. The van der Waals surface area contributed by atoms with Crippen molar-refractivity contribution in [3.8, 4) is 0 Å². The van der Waals surface area contributed by atoms with Crippen LogP contribution >= 0.6 is 0 Å². The molecule has 0 rings (SSSR count). The van der Waals surface area contributed by atoms with Crippen LogP contribution in [-0.4, -0.2) is 77.7 Å². The van der Waals surface area contributed by atoms with E-state index >= 15 is 0 Å². The molecule has 0 atom stereocenters. The van der Waals surface area contributed by atoms with Gasteiger partial charge in [0.25, 0.3) is 0 Å². The molecule has 5 heavy (non-hydrogen) atoms. The first-order valence-corrected chi connectivity index (χ1v) is 0. The number of hydrogen-bond acceptors (Lipinski definition) is 0. The van der Waals surface area contributed by atoms with E-state index in [2.05, 4.69) is 0 Å². The van der Waals surface area contributed by atoms with Gasteiger partial charge in [0.1, 0.15) is 0 Å². The van der Waals surface area contributed by atoms with Crippen molar-refractivity contribution >= 4 is 77.7 Å². The van der Waals surface area contributed by atoms with E-state index in [9.17, 15) is 0 Å². The van der Waals surface area contributed by atoms with E-state index in [-0.39, 0.29) is 125 Å². The van der Waals surface area contributed by atoms with Crippen molar-refractivity contribution in [1.29, 1.82) is 0 Å². The third-order valence-corrected chi connectivity index (χ3v) is 0. The predicted octanol–water partition coefficient (Wildman–Crippen LogP) is -0.922. The summed E-state index contributed by atoms with van der Waals surface area (Å²) in [4.78, 5) is 0. The van der Waals surface area contributed by atoms with Gasteiger partial charge in [-0.15, -0.1) is 0 Å². The molecule has 0 nitrogen and oxygen atoms in total. The van der Waals surface area contributed by atoms with E-state index in [1.807, 2.05) is 0 Å². The monoisotopic (exact) mass is 583 g/mol. The molecule has 0 aromatic heterocycles. The van der Waals surface area contributed by atoms with Gasteiger partial charge in [-0.05, 0) is 0 Å². The molecule has 0 aromatic rings. The largest absolute Gasteiger partial charge is 2.00 e. The normalized spacial score (nSPS) is 0. The zero-order valence-corrected chi connectivity index (χ0v) is 15.6. The Bertz CT molecular complexity index is 15.7. The second-order valence-corrected chi connectivity index (χ2v) is 0. The average molecular weight is 581 g/mol. The van der Waals surface area contributed by atoms with Crippen LogP contribution < -0.4 is 0 Å². The molecule has 0 bridgehead atoms. The van der Waals surface area contributed by atoms with Crippen LogP contribution in [0.5, 0.6) is 0 Å². The summed E-state index contributed by atoms with van der Waals surface area (Å²) in [6, 6.07) is 0. The van der Waals surface area contributed by atoms with Crippen LogP contribution in [0.25, 0.3) is 0 Å². The van der Waals surface area contributed by atoms with Gasteiger partial charge in [0, 0.05) is 98.7 Å². The first-order valence-electron chi connectivity index (χ1n) is 0. The maximum absolute atomic E-state index is 0. The summed E-state index contributed by atoms with van der Waals surface area (Å²) in [5.74, 6) is 0.